The number of hydrazine groups is 1. The van der Waals surface area contributed by atoms with E-state index in [0.29, 0.717) is 35.8 Å². The molecule has 2 aliphatic rings. The van der Waals surface area contributed by atoms with Crippen molar-refractivity contribution >= 4 is 11.7 Å². The second kappa shape index (κ2) is 8.51. The Morgan fingerprint density at radius 3 is 3.12 bits per heavy atom. The molecule has 7 heteroatoms. The summed E-state index contributed by atoms with van der Waals surface area (Å²) in [5.41, 5.74) is 3.88. The Labute approximate surface area is 153 Å². The number of hydrogen-bond acceptors (Lipinski definition) is 6. The van der Waals surface area contributed by atoms with Crippen molar-refractivity contribution in [1.82, 2.24) is 15.9 Å². The second-order valence-corrected chi connectivity index (χ2v) is 6.83. The first-order chi connectivity index (χ1) is 12.6. The summed E-state index contributed by atoms with van der Waals surface area (Å²) in [7, 11) is 0. The van der Waals surface area contributed by atoms with Crippen molar-refractivity contribution in [2.24, 2.45) is 5.92 Å². The van der Waals surface area contributed by atoms with Crippen LogP contribution in [0.15, 0.2) is 24.4 Å². The Bertz CT molecular complexity index is 680. The van der Waals surface area contributed by atoms with Crippen LogP contribution in [0.2, 0.25) is 0 Å². The second-order valence-electron chi connectivity index (χ2n) is 6.83. The highest BCUT2D eigenvalue weighted by Crippen LogP contribution is 2.26. The van der Waals surface area contributed by atoms with Crippen molar-refractivity contribution in [3.63, 3.8) is 0 Å². The Kier molecular flexibility index (Phi) is 6.11. The van der Waals surface area contributed by atoms with Gasteiger partial charge in [-0.3, -0.25) is 9.80 Å². The van der Waals surface area contributed by atoms with Crippen molar-refractivity contribution in [1.29, 1.82) is 0 Å². The van der Waals surface area contributed by atoms with Gasteiger partial charge >= 0.3 is 5.97 Å². The van der Waals surface area contributed by atoms with Crippen LogP contribution in [-0.2, 0) is 14.4 Å². The number of rotatable bonds is 6. The molecule has 142 valence electrons. The average molecular weight is 363 g/mol. The number of esters is 1. The molecule has 0 aliphatic carbocycles. The fourth-order valence-electron chi connectivity index (χ4n) is 3.47. The van der Waals surface area contributed by atoms with E-state index < -0.39 is 0 Å². The van der Waals surface area contributed by atoms with Gasteiger partial charge < -0.3 is 14.9 Å². The standard InChI is InChI=1S/C19H26FN3O3/c1-3-25-18(24)10-15-9-14(7-8-21-15)11-23-12-17(26-22-23)16-6-4-5-13(2)19(16)20/h4-6,12,14-15,21-22H,3,7-11H2,1-2H3/t14?,15-/m0/s1. The number of hydrogen-bond donors (Lipinski definition) is 2. The monoisotopic (exact) mass is 363 g/mol. The van der Waals surface area contributed by atoms with Gasteiger partial charge in [-0.05, 0) is 50.8 Å². The van der Waals surface area contributed by atoms with Gasteiger partial charge in [0.1, 0.15) is 5.82 Å². The van der Waals surface area contributed by atoms with E-state index in [1.165, 1.54) is 0 Å². The largest absolute Gasteiger partial charge is 0.466 e. The molecule has 0 spiro atoms. The van der Waals surface area contributed by atoms with Crippen LogP contribution in [-0.4, -0.2) is 36.7 Å². The SMILES string of the molecule is CCOC(=O)C[C@@H]1CC(CN2C=C(c3cccc(C)c3F)ON2)CCN1. The molecule has 1 unspecified atom stereocenters. The molecule has 0 bridgehead atoms. The molecule has 0 saturated carbocycles. The van der Waals surface area contributed by atoms with E-state index in [2.05, 4.69) is 10.9 Å². The minimum absolute atomic E-state index is 0.133. The molecule has 2 atom stereocenters. The van der Waals surface area contributed by atoms with Gasteiger partial charge in [-0.25, -0.2) is 4.39 Å². The molecular weight excluding hydrogens is 337 g/mol. The van der Waals surface area contributed by atoms with Gasteiger partial charge in [0.15, 0.2) is 5.76 Å². The lowest BCUT2D eigenvalue weighted by atomic mass is 9.91. The molecule has 0 radical (unpaired) electrons. The summed E-state index contributed by atoms with van der Waals surface area (Å²) in [6, 6.07) is 5.39. The zero-order valence-electron chi connectivity index (χ0n) is 15.3. The number of carbonyl (C=O) groups excluding carboxylic acids is 1. The van der Waals surface area contributed by atoms with Crippen molar-refractivity contribution in [3.05, 3.63) is 41.3 Å². The highest BCUT2D eigenvalue weighted by Gasteiger charge is 2.27. The summed E-state index contributed by atoms with van der Waals surface area (Å²) in [5.74, 6) is 0.456. The lowest BCUT2D eigenvalue weighted by molar-refractivity contribution is -0.143. The first-order valence-corrected chi connectivity index (χ1v) is 9.12. The lowest BCUT2D eigenvalue weighted by Gasteiger charge is -2.31. The molecule has 26 heavy (non-hydrogen) atoms. The quantitative estimate of drug-likeness (QED) is 0.758. The first kappa shape index (κ1) is 18.7. The molecule has 3 rings (SSSR count). The molecule has 1 saturated heterocycles. The molecule has 0 amide bonds. The summed E-state index contributed by atoms with van der Waals surface area (Å²) in [6.07, 6.45) is 4.09. The maximum Gasteiger partial charge on any atom is 0.307 e. The zero-order chi connectivity index (χ0) is 18.5. The zero-order valence-corrected chi connectivity index (χ0v) is 15.3. The van der Waals surface area contributed by atoms with Crippen LogP contribution < -0.4 is 10.9 Å². The van der Waals surface area contributed by atoms with E-state index in [0.717, 1.165) is 25.9 Å². The summed E-state index contributed by atoms with van der Waals surface area (Å²) in [5, 5.41) is 5.22. The maximum absolute atomic E-state index is 14.3. The summed E-state index contributed by atoms with van der Waals surface area (Å²) in [6.45, 7) is 5.56. The predicted octanol–water partition coefficient (Wildman–Crippen LogP) is 2.51. The topological polar surface area (TPSA) is 62.8 Å². The van der Waals surface area contributed by atoms with Gasteiger partial charge in [-0.2, -0.15) is 0 Å². The van der Waals surface area contributed by atoms with E-state index in [1.54, 1.807) is 25.3 Å². The Hall–Kier alpha value is -2.12. The van der Waals surface area contributed by atoms with Gasteiger partial charge in [0.25, 0.3) is 0 Å². The fourth-order valence-corrected chi connectivity index (χ4v) is 3.47. The normalized spacial score (nSPS) is 22.7. The van der Waals surface area contributed by atoms with Crippen molar-refractivity contribution in [2.45, 2.75) is 39.2 Å². The van der Waals surface area contributed by atoms with Gasteiger partial charge in [0.05, 0.1) is 24.8 Å². The minimum Gasteiger partial charge on any atom is -0.466 e. The van der Waals surface area contributed by atoms with Gasteiger partial charge in [0.2, 0.25) is 0 Å². The number of aryl methyl sites for hydroxylation is 1. The van der Waals surface area contributed by atoms with E-state index in [-0.39, 0.29) is 17.8 Å². The van der Waals surface area contributed by atoms with Crippen LogP contribution >= 0.6 is 0 Å². The number of halogens is 1. The number of nitrogens with zero attached hydrogens (tertiary/aromatic N) is 1. The van der Waals surface area contributed by atoms with Gasteiger partial charge in [0, 0.05) is 12.6 Å². The highest BCUT2D eigenvalue weighted by molar-refractivity contribution is 5.70. The number of ether oxygens (including phenoxy) is 1. The van der Waals surface area contributed by atoms with Crippen LogP contribution in [0.25, 0.3) is 5.76 Å². The van der Waals surface area contributed by atoms with Crippen LogP contribution in [0.1, 0.15) is 37.3 Å². The van der Waals surface area contributed by atoms with Crippen LogP contribution in [0, 0.1) is 18.7 Å². The highest BCUT2D eigenvalue weighted by atomic mass is 19.1. The molecule has 1 aromatic rings. The third-order valence-corrected chi connectivity index (χ3v) is 4.78. The molecule has 6 nitrogen and oxygen atoms in total. The van der Waals surface area contributed by atoms with Crippen molar-refractivity contribution in [3.8, 4) is 0 Å². The molecular formula is C19H26FN3O3. The smallest absolute Gasteiger partial charge is 0.307 e. The average Bonchev–Trinajstić information content (AvgIpc) is 3.06. The first-order valence-electron chi connectivity index (χ1n) is 9.12. The van der Waals surface area contributed by atoms with E-state index in [9.17, 15) is 9.18 Å². The van der Waals surface area contributed by atoms with Gasteiger partial charge in [-0.15, -0.1) is 0 Å². The number of benzene rings is 1. The fraction of sp³-hybridized carbons (Fsp3) is 0.526. The third kappa shape index (κ3) is 4.53. The van der Waals surface area contributed by atoms with E-state index in [4.69, 9.17) is 9.57 Å². The van der Waals surface area contributed by atoms with Crippen molar-refractivity contribution in [2.75, 3.05) is 19.7 Å². The van der Waals surface area contributed by atoms with E-state index >= 15 is 0 Å². The van der Waals surface area contributed by atoms with Crippen LogP contribution in [0.3, 0.4) is 0 Å². The number of nitrogens with one attached hydrogen (secondary N) is 2. The Morgan fingerprint density at radius 2 is 2.31 bits per heavy atom. The molecule has 1 aromatic carbocycles. The Balaban J connectivity index is 1.57. The molecule has 1 fully saturated rings. The van der Waals surface area contributed by atoms with Crippen LogP contribution in [0.4, 0.5) is 4.39 Å². The van der Waals surface area contributed by atoms with E-state index in [1.807, 2.05) is 18.0 Å². The predicted molar refractivity (Wildman–Crippen MR) is 95.8 cm³/mol. The molecule has 2 heterocycles. The summed E-state index contributed by atoms with van der Waals surface area (Å²) < 4.78 is 19.3. The molecule has 0 aromatic heterocycles. The Morgan fingerprint density at radius 1 is 1.46 bits per heavy atom. The number of carbonyl (C=O) groups is 1. The molecule has 2 N–H and O–H groups in total. The lowest BCUT2D eigenvalue weighted by Crippen LogP contribution is -2.43. The maximum atomic E-state index is 14.3. The summed E-state index contributed by atoms with van der Waals surface area (Å²) in [4.78, 5) is 17.1. The van der Waals surface area contributed by atoms with Crippen LogP contribution in [0.5, 0.6) is 0 Å². The third-order valence-electron chi connectivity index (χ3n) is 4.78. The minimum atomic E-state index is -0.265. The van der Waals surface area contributed by atoms with Crippen molar-refractivity contribution < 1.29 is 18.8 Å². The molecule has 2 aliphatic heterocycles. The van der Waals surface area contributed by atoms with Gasteiger partial charge in [-0.1, -0.05) is 17.7 Å². The number of piperidine rings is 1. The summed E-state index contributed by atoms with van der Waals surface area (Å²) >= 11 is 0.